The molecule has 120 valence electrons. The van der Waals surface area contributed by atoms with Crippen LogP contribution in [0.5, 0.6) is 0 Å². The molecule has 0 radical (unpaired) electrons. The minimum absolute atomic E-state index is 0.0284. The van der Waals surface area contributed by atoms with E-state index in [4.69, 9.17) is 11.6 Å². The molecule has 2 aromatic carbocycles. The summed E-state index contributed by atoms with van der Waals surface area (Å²) in [6.07, 6.45) is 0. The zero-order valence-electron chi connectivity index (χ0n) is 12.4. The number of rotatable bonds is 7. The average Bonchev–Trinajstić information content (AvgIpc) is 2.59. The molecule has 0 heterocycles. The van der Waals surface area contributed by atoms with Gasteiger partial charge in [0.1, 0.15) is 0 Å². The number of amides is 2. The molecule has 0 aliphatic carbocycles. The summed E-state index contributed by atoms with van der Waals surface area (Å²) in [5.41, 5.74) is 0.540. The molecule has 0 fully saturated rings. The summed E-state index contributed by atoms with van der Waals surface area (Å²) < 4.78 is 0. The van der Waals surface area contributed by atoms with Crippen LogP contribution in [0, 0.1) is 0 Å². The van der Waals surface area contributed by atoms with Gasteiger partial charge in [-0.1, -0.05) is 29.8 Å². The summed E-state index contributed by atoms with van der Waals surface area (Å²) in [5.74, 6) is 0.294. The van der Waals surface area contributed by atoms with E-state index in [1.54, 1.807) is 36.0 Å². The third kappa shape index (κ3) is 6.34. The number of hydrogen-bond donors (Lipinski definition) is 2. The number of thioether (sulfide) groups is 1. The Labute approximate surface area is 144 Å². The first-order valence-electron chi connectivity index (χ1n) is 7.13. The third-order valence-electron chi connectivity index (χ3n) is 2.95. The highest BCUT2D eigenvalue weighted by atomic mass is 35.5. The predicted molar refractivity (Wildman–Crippen MR) is 94.0 cm³/mol. The van der Waals surface area contributed by atoms with Crippen molar-refractivity contribution in [2.75, 3.05) is 18.8 Å². The van der Waals surface area contributed by atoms with Crippen LogP contribution in [-0.2, 0) is 4.79 Å². The smallest absolute Gasteiger partial charge is 0.251 e. The lowest BCUT2D eigenvalue weighted by atomic mass is 10.2. The number of carbonyl (C=O) groups is 2. The van der Waals surface area contributed by atoms with E-state index in [0.717, 1.165) is 10.6 Å². The fourth-order valence-electron chi connectivity index (χ4n) is 1.80. The Hall–Kier alpha value is -1.98. The Morgan fingerprint density at radius 3 is 2.35 bits per heavy atom. The summed E-state index contributed by atoms with van der Waals surface area (Å²) >= 11 is 7.45. The van der Waals surface area contributed by atoms with Crippen LogP contribution in [0.15, 0.2) is 59.5 Å². The normalized spacial score (nSPS) is 10.1. The molecule has 2 N–H and O–H groups in total. The van der Waals surface area contributed by atoms with E-state index in [1.165, 1.54) is 0 Å². The van der Waals surface area contributed by atoms with E-state index < -0.39 is 0 Å². The molecule has 23 heavy (non-hydrogen) atoms. The molecule has 0 aromatic heterocycles. The van der Waals surface area contributed by atoms with Gasteiger partial charge in [-0.15, -0.1) is 11.8 Å². The fraction of sp³-hybridized carbons (Fsp3) is 0.176. The number of halogens is 1. The van der Waals surface area contributed by atoms with Crippen molar-refractivity contribution in [1.29, 1.82) is 0 Å². The number of benzene rings is 2. The lowest BCUT2D eigenvalue weighted by Gasteiger charge is -2.07. The Morgan fingerprint density at radius 1 is 0.957 bits per heavy atom. The van der Waals surface area contributed by atoms with E-state index in [-0.39, 0.29) is 18.4 Å². The summed E-state index contributed by atoms with van der Waals surface area (Å²) in [4.78, 5) is 24.6. The van der Waals surface area contributed by atoms with Gasteiger partial charge in [0, 0.05) is 27.8 Å². The quantitative estimate of drug-likeness (QED) is 0.597. The first-order valence-corrected chi connectivity index (χ1v) is 8.50. The van der Waals surface area contributed by atoms with Crippen LogP contribution >= 0.6 is 23.4 Å². The van der Waals surface area contributed by atoms with E-state index in [0.29, 0.717) is 17.1 Å². The molecule has 0 aliphatic rings. The lowest BCUT2D eigenvalue weighted by molar-refractivity contribution is -0.120. The molecule has 0 atom stereocenters. The van der Waals surface area contributed by atoms with Gasteiger partial charge in [-0.25, -0.2) is 0 Å². The van der Waals surface area contributed by atoms with E-state index in [2.05, 4.69) is 10.6 Å². The monoisotopic (exact) mass is 348 g/mol. The number of nitrogens with one attached hydrogen (secondary N) is 2. The Kier molecular flexibility index (Phi) is 6.97. The van der Waals surface area contributed by atoms with Crippen molar-refractivity contribution in [2.45, 2.75) is 4.90 Å². The Bertz CT molecular complexity index is 647. The first-order chi connectivity index (χ1) is 11.1. The lowest BCUT2D eigenvalue weighted by Crippen LogP contribution is -2.37. The molecule has 6 heteroatoms. The molecule has 2 aromatic rings. The molecule has 0 bridgehead atoms. The minimum atomic E-state index is -0.253. The molecule has 0 spiro atoms. The summed E-state index contributed by atoms with van der Waals surface area (Å²) in [6, 6.07) is 16.4. The molecule has 4 nitrogen and oxygen atoms in total. The maximum absolute atomic E-state index is 11.8. The first kappa shape index (κ1) is 17.4. The SMILES string of the molecule is O=C(CNC(=O)c1ccccc1)NCCSc1ccc(Cl)cc1. The third-order valence-corrected chi connectivity index (χ3v) is 4.22. The van der Waals surface area contributed by atoms with Crippen molar-refractivity contribution >= 4 is 35.2 Å². The molecular formula is C17H17ClN2O2S. The summed E-state index contributed by atoms with van der Waals surface area (Å²) in [6.45, 7) is 0.507. The van der Waals surface area contributed by atoms with Gasteiger partial charge in [-0.3, -0.25) is 9.59 Å². The summed E-state index contributed by atoms with van der Waals surface area (Å²) in [7, 11) is 0. The van der Waals surface area contributed by atoms with Crippen LogP contribution in [0.3, 0.4) is 0 Å². The fourth-order valence-corrected chi connectivity index (χ4v) is 2.70. The van der Waals surface area contributed by atoms with Crippen molar-refractivity contribution in [3.05, 3.63) is 65.2 Å². The van der Waals surface area contributed by atoms with Gasteiger partial charge in [0.15, 0.2) is 0 Å². The van der Waals surface area contributed by atoms with Crippen molar-refractivity contribution in [3.8, 4) is 0 Å². The maximum atomic E-state index is 11.8. The van der Waals surface area contributed by atoms with Gasteiger partial charge >= 0.3 is 0 Å². The molecular weight excluding hydrogens is 332 g/mol. The zero-order valence-corrected chi connectivity index (χ0v) is 14.0. The van der Waals surface area contributed by atoms with Gasteiger partial charge in [0.25, 0.3) is 5.91 Å². The summed E-state index contributed by atoms with van der Waals surface area (Å²) in [5, 5.41) is 6.07. The molecule has 0 saturated heterocycles. The molecule has 0 unspecified atom stereocenters. The van der Waals surface area contributed by atoms with Gasteiger partial charge < -0.3 is 10.6 Å². The largest absolute Gasteiger partial charge is 0.354 e. The van der Waals surface area contributed by atoms with Crippen LogP contribution in [0.25, 0.3) is 0 Å². The molecule has 2 rings (SSSR count). The van der Waals surface area contributed by atoms with Crippen LogP contribution in [0.2, 0.25) is 5.02 Å². The second-order valence-corrected chi connectivity index (χ2v) is 6.31. The van der Waals surface area contributed by atoms with Crippen molar-refractivity contribution in [1.82, 2.24) is 10.6 Å². The standard InChI is InChI=1S/C17H17ClN2O2S/c18-14-6-8-15(9-7-14)23-11-10-19-16(21)12-20-17(22)13-4-2-1-3-5-13/h1-9H,10-12H2,(H,19,21)(H,20,22). The van der Waals surface area contributed by atoms with E-state index in [1.807, 2.05) is 30.3 Å². The number of hydrogen-bond acceptors (Lipinski definition) is 3. The molecule has 0 saturated carbocycles. The second kappa shape index (κ2) is 9.22. The maximum Gasteiger partial charge on any atom is 0.251 e. The topological polar surface area (TPSA) is 58.2 Å². The van der Waals surface area contributed by atoms with Crippen molar-refractivity contribution < 1.29 is 9.59 Å². The van der Waals surface area contributed by atoms with Gasteiger partial charge in [-0.05, 0) is 36.4 Å². The highest BCUT2D eigenvalue weighted by Crippen LogP contribution is 2.19. The Morgan fingerprint density at radius 2 is 1.65 bits per heavy atom. The van der Waals surface area contributed by atoms with Gasteiger partial charge in [-0.2, -0.15) is 0 Å². The van der Waals surface area contributed by atoms with Crippen molar-refractivity contribution in [3.63, 3.8) is 0 Å². The predicted octanol–water partition coefficient (Wildman–Crippen LogP) is 2.98. The molecule has 0 aliphatic heterocycles. The highest BCUT2D eigenvalue weighted by Gasteiger charge is 2.06. The Balaban J connectivity index is 1.62. The van der Waals surface area contributed by atoms with Crippen LogP contribution in [0.1, 0.15) is 10.4 Å². The van der Waals surface area contributed by atoms with Crippen LogP contribution in [-0.4, -0.2) is 30.7 Å². The second-order valence-electron chi connectivity index (χ2n) is 4.70. The minimum Gasteiger partial charge on any atom is -0.354 e. The number of carbonyl (C=O) groups excluding carboxylic acids is 2. The van der Waals surface area contributed by atoms with Gasteiger partial charge in [0.2, 0.25) is 5.91 Å². The zero-order chi connectivity index (χ0) is 16.5. The van der Waals surface area contributed by atoms with Gasteiger partial charge in [0.05, 0.1) is 6.54 Å². The van der Waals surface area contributed by atoms with Crippen LogP contribution in [0.4, 0.5) is 0 Å². The molecule has 2 amide bonds. The van der Waals surface area contributed by atoms with E-state index >= 15 is 0 Å². The average molecular weight is 349 g/mol. The van der Waals surface area contributed by atoms with Crippen LogP contribution < -0.4 is 10.6 Å². The highest BCUT2D eigenvalue weighted by molar-refractivity contribution is 7.99. The van der Waals surface area contributed by atoms with Crippen molar-refractivity contribution in [2.24, 2.45) is 0 Å². The van der Waals surface area contributed by atoms with E-state index in [9.17, 15) is 9.59 Å².